The van der Waals surface area contributed by atoms with Crippen LogP contribution in [0.5, 0.6) is 0 Å². The lowest BCUT2D eigenvalue weighted by molar-refractivity contribution is -0.196. The predicted octanol–water partition coefficient (Wildman–Crippen LogP) is 3.09. The van der Waals surface area contributed by atoms with Gasteiger partial charge in [-0.05, 0) is 85.7 Å². The predicted molar refractivity (Wildman–Crippen MR) is 107 cm³/mol. The summed E-state index contributed by atoms with van der Waals surface area (Å²) in [5, 5.41) is 5.07. The molecule has 0 aromatic carbocycles. The lowest BCUT2D eigenvalue weighted by Crippen LogP contribution is -2.56. The standard InChI is InChI=1S/C21H37N3O4/c1-5-27-20(26)28-24-15(2)13-18(14-16(24)3)23-11-7-17(8-12-23)19(25)22-21(4)9-6-10-21/h15-18H,5-14H2,1-4H3,(H,22,25). The summed E-state index contributed by atoms with van der Waals surface area (Å²) < 4.78 is 4.91. The average Bonchev–Trinajstić information content (AvgIpc) is 2.63. The van der Waals surface area contributed by atoms with Crippen LogP contribution in [0.15, 0.2) is 0 Å². The Morgan fingerprint density at radius 3 is 2.21 bits per heavy atom. The molecule has 0 bridgehead atoms. The summed E-state index contributed by atoms with van der Waals surface area (Å²) in [5.74, 6) is 0.400. The van der Waals surface area contributed by atoms with Gasteiger partial charge in [-0.2, -0.15) is 0 Å². The number of piperidine rings is 2. The van der Waals surface area contributed by atoms with E-state index in [2.05, 4.69) is 31.0 Å². The van der Waals surface area contributed by atoms with Crippen LogP contribution in [0.3, 0.4) is 0 Å². The third-order valence-electron chi connectivity index (χ3n) is 6.84. The van der Waals surface area contributed by atoms with Crippen molar-refractivity contribution in [3.8, 4) is 0 Å². The molecule has 1 amide bonds. The van der Waals surface area contributed by atoms with Gasteiger partial charge in [0.15, 0.2) is 0 Å². The molecular formula is C21H37N3O4. The van der Waals surface area contributed by atoms with Crippen LogP contribution in [0.25, 0.3) is 0 Å². The van der Waals surface area contributed by atoms with Crippen LogP contribution in [0.4, 0.5) is 4.79 Å². The van der Waals surface area contributed by atoms with Crippen LogP contribution in [-0.2, 0) is 14.4 Å². The normalized spacial score (nSPS) is 31.6. The Morgan fingerprint density at radius 1 is 1.11 bits per heavy atom. The number of carbonyl (C=O) groups is 2. The molecule has 7 heteroatoms. The van der Waals surface area contributed by atoms with Gasteiger partial charge in [-0.25, -0.2) is 4.79 Å². The summed E-state index contributed by atoms with van der Waals surface area (Å²) >= 11 is 0. The van der Waals surface area contributed by atoms with Crippen LogP contribution >= 0.6 is 0 Å². The van der Waals surface area contributed by atoms with E-state index in [9.17, 15) is 9.59 Å². The smallest absolute Gasteiger partial charge is 0.433 e. The molecule has 0 spiro atoms. The van der Waals surface area contributed by atoms with Gasteiger partial charge in [-0.1, -0.05) is 0 Å². The summed E-state index contributed by atoms with van der Waals surface area (Å²) in [6.07, 6.45) is 6.61. The Balaban J connectivity index is 1.46. The highest BCUT2D eigenvalue weighted by atomic mass is 16.8. The molecule has 0 radical (unpaired) electrons. The molecule has 1 aliphatic carbocycles. The van der Waals surface area contributed by atoms with Gasteiger partial charge in [0.1, 0.15) is 0 Å². The maximum atomic E-state index is 12.6. The molecule has 3 fully saturated rings. The quantitative estimate of drug-likeness (QED) is 0.722. The lowest BCUT2D eigenvalue weighted by atomic mass is 9.78. The minimum atomic E-state index is -0.619. The highest BCUT2D eigenvalue weighted by Gasteiger charge is 2.39. The number of amides is 1. The number of likely N-dealkylation sites (tertiary alicyclic amines) is 1. The molecule has 2 heterocycles. The minimum absolute atomic E-state index is 0.0465. The van der Waals surface area contributed by atoms with Gasteiger partial charge in [0, 0.05) is 29.6 Å². The summed E-state index contributed by atoms with van der Waals surface area (Å²) in [6.45, 7) is 10.4. The topological polar surface area (TPSA) is 71.1 Å². The highest BCUT2D eigenvalue weighted by Crippen LogP contribution is 2.33. The van der Waals surface area contributed by atoms with Crippen LogP contribution in [0.1, 0.15) is 72.6 Å². The Bertz CT molecular complexity index is 546. The molecular weight excluding hydrogens is 358 g/mol. The summed E-state index contributed by atoms with van der Waals surface area (Å²) in [4.78, 5) is 32.2. The summed E-state index contributed by atoms with van der Waals surface area (Å²) in [5.41, 5.74) is 0.0465. The number of hydrogen-bond acceptors (Lipinski definition) is 6. The Morgan fingerprint density at radius 2 is 1.71 bits per heavy atom. The van der Waals surface area contributed by atoms with E-state index < -0.39 is 6.16 Å². The van der Waals surface area contributed by atoms with Crippen LogP contribution in [-0.4, -0.2) is 65.4 Å². The third kappa shape index (κ3) is 4.98. The van der Waals surface area contributed by atoms with Gasteiger partial charge in [0.05, 0.1) is 6.61 Å². The second-order valence-electron chi connectivity index (χ2n) is 9.17. The molecule has 0 aromatic heterocycles. The molecule has 2 saturated heterocycles. The minimum Gasteiger partial charge on any atom is -0.433 e. The average molecular weight is 396 g/mol. The van der Waals surface area contributed by atoms with E-state index in [1.54, 1.807) is 12.0 Å². The second-order valence-corrected chi connectivity index (χ2v) is 9.17. The largest absolute Gasteiger partial charge is 0.527 e. The van der Waals surface area contributed by atoms with E-state index in [-0.39, 0.29) is 29.4 Å². The number of rotatable bonds is 5. The summed E-state index contributed by atoms with van der Waals surface area (Å²) in [6, 6.07) is 0.774. The number of nitrogens with one attached hydrogen (secondary N) is 1. The van der Waals surface area contributed by atoms with Crippen LogP contribution < -0.4 is 5.32 Å². The zero-order valence-electron chi connectivity index (χ0n) is 17.9. The van der Waals surface area contributed by atoms with E-state index >= 15 is 0 Å². The first-order valence-corrected chi connectivity index (χ1v) is 11.0. The van der Waals surface area contributed by atoms with Gasteiger partial charge in [-0.15, -0.1) is 5.06 Å². The van der Waals surface area contributed by atoms with Crippen molar-refractivity contribution in [1.29, 1.82) is 0 Å². The molecule has 2 aliphatic heterocycles. The van der Waals surface area contributed by atoms with Gasteiger partial charge >= 0.3 is 6.16 Å². The fraction of sp³-hybridized carbons (Fsp3) is 0.905. The number of carbonyl (C=O) groups excluding carboxylic acids is 2. The fourth-order valence-electron chi connectivity index (χ4n) is 4.99. The van der Waals surface area contributed by atoms with Crippen molar-refractivity contribution < 1.29 is 19.2 Å². The van der Waals surface area contributed by atoms with E-state index in [1.807, 2.05) is 0 Å². The van der Waals surface area contributed by atoms with Crippen LogP contribution in [0.2, 0.25) is 0 Å². The molecule has 28 heavy (non-hydrogen) atoms. The molecule has 2 atom stereocenters. The van der Waals surface area contributed by atoms with Crippen molar-refractivity contribution >= 4 is 12.1 Å². The van der Waals surface area contributed by atoms with Crippen molar-refractivity contribution in [2.75, 3.05) is 19.7 Å². The molecule has 160 valence electrons. The van der Waals surface area contributed by atoms with Gasteiger partial charge in [-0.3, -0.25) is 4.79 Å². The van der Waals surface area contributed by atoms with Gasteiger partial charge < -0.3 is 19.8 Å². The first-order valence-electron chi connectivity index (χ1n) is 11.0. The molecule has 3 aliphatic rings. The molecule has 3 rings (SSSR count). The number of nitrogens with zero attached hydrogens (tertiary/aromatic N) is 2. The second kappa shape index (κ2) is 8.99. The zero-order valence-corrected chi connectivity index (χ0v) is 17.9. The van der Waals surface area contributed by atoms with Gasteiger partial charge in [0.25, 0.3) is 0 Å². The molecule has 1 saturated carbocycles. The molecule has 0 aromatic rings. The maximum absolute atomic E-state index is 12.6. The highest BCUT2D eigenvalue weighted by molar-refractivity contribution is 5.79. The molecule has 2 unspecified atom stereocenters. The Labute approximate surface area is 169 Å². The monoisotopic (exact) mass is 395 g/mol. The number of hydrogen-bond donors (Lipinski definition) is 1. The lowest BCUT2D eigenvalue weighted by Gasteiger charge is -2.46. The van der Waals surface area contributed by atoms with Crippen molar-refractivity contribution in [3.05, 3.63) is 0 Å². The Hall–Kier alpha value is -1.34. The van der Waals surface area contributed by atoms with Crippen molar-refractivity contribution in [1.82, 2.24) is 15.3 Å². The van der Waals surface area contributed by atoms with Crippen molar-refractivity contribution in [2.45, 2.75) is 96.3 Å². The summed E-state index contributed by atoms with van der Waals surface area (Å²) in [7, 11) is 0. The van der Waals surface area contributed by atoms with E-state index in [0.717, 1.165) is 51.6 Å². The van der Waals surface area contributed by atoms with Crippen LogP contribution in [0, 0.1) is 5.92 Å². The third-order valence-corrected chi connectivity index (χ3v) is 6.84. The zero-order chi connectivity index (χ0) is 20.3. The fourth-order valence-corrected chi connectivity index (χ4v) is 4.99. The van der Waals surface area contributed by atoms with Gasteiger partial charge in [0.2, 0.25) is 5.91 Å². The number of ether oxygens (including phenoxy) is 1. The van der Waals surface area contributed by atoms with E-state index in [4.69, 9.17) is 9.57 Å². The Kier molecular flexibility index (Phi) is 6.86. The molecule has 1 N–H and O–H groups in total. The van der Waals surface area contributed by atoms with E-state index in [1.165, 1.54) is 6.42 Å². The number of hydroxylamine groups is 2. The van der Waals surface area contributed by atoms with E-state index in [0.29, 0.717) is 12.6 Å². The molecule has 7 nitrogen and oxygen atoms in total. The SMILES string of the molecule is CCOC(=O)ON1C(C)CC(N2CCC(C(=O)NC3(C)CCC3)CC2)CC1C. The first-order chi connectivity index (χ1) is 13.3. The van der Waals surface area contributed by atoms with Crippen molar-refractivity contribution in [2.24, 2.45) is 5.92 Å². The van der Waals surface area contributed by atoms with Crippen molar-refractivity contribution in [3.63, 3.8) is 0 Å². The first kappa shape index (κ1) is 21.4. The maximum Gasteiger partial charge on any atom is 0.527 e.